The minimum absolute atomic E-state index is 0.0305. The average molecular weight is 339 g/mol. The van der Waals surface area contributed by atoms with Crippen molar-refractivity contribution < 1.29 is 9.59 Å². The lowest BCUT2D eigenvalue weighted by atomic mass is 9.98. The fourth-order valence-electron chi connectivity index (χ4n) is 4.34. The molecule has 132 valence electrons. The van der Waals surface area contributed by atoms with Gasteiger partial charge in [-0.25, -0.2) is 4.98 Å². The normalized spacial score (nSPS) is 28.9. The van der Waals surface area contributed by atoms with Gasteiger partial charge in [0.2, 0.25) is 5.91 Å². The monoisotopic (exact) mass is 339 g/mol. The van der Waals surface area contributed by atoms with Crippen molar-refractivity contribution in [3.05, 3.63) is 23.9 Å². The van der Waals surface area contributed by atoms with Gasteiger partial charge in [-0.05, 0) is 74.8 Å². The number of carbonyl (C=O) groups is 2. The van der Waals surface area contributed by atoms with Gasteiger partial charge in [0.05, 0.1) is 0 Å². The van der Waals surface area contributed by atoms with E-state index in [0.717, 1.165) is 25.3 Å². The van der Waals surface area contributed by atoms with Gasteiger partial charge in [0.25, 0.3) is 5.91 Å². The van der Waals surface area contributed by atoms with Crippen LogP contribution in [-0.4, -0.2) is 34.3 Å². The summed E-state index contributed by atoms with van der Waals surface area (Å²) < 4.78 is 0. The summed E-state index contributed by atoms with van der Waals surface area (Å²) in [7, 11) is 0. The van der Waals surface area contributed by atoms with E-state index < -0.39 is 0 Å². The van der Waals surface area contributed by atoms with Gasteiger partial charge in [-0.15, -0.1) is 0 Å². The predicted octanol–water partition coefficient (Wildman–Crippen LogP) is 3.08. The molecule has 2 atom stereocenters. The second kappa shape index (κ2) is 5.82. The molecular weight excluding hydrogens is 314 g/mol. The molecule has 1 aliphatic heterocycles. The van der Waals surface area contributed by atoms with E-state index in [1.807, 2.05) is 0 Å². The third kappa shape index (κ3) is 3.16. The van der Waals surface area contributed by atoms with Crippen LogP contribution < -0.4 is 5.32 Å². The quantitative estimate of drug-likeness (QED) is 0.897. The molecule has 4 fully saturated rings. The highest BCUT2D eigenvalue weighted by molar-refractivity contribution is 5.97. The zero-order valence-electron chi connectivity index (χ0n) is 14.5. The number of likely N-dealkylation sites (tertiary alicyclic amines) is 1. The van der Waals surface area contributed by atoms with Crippen molar-refractivity contribution in [1.82, 2.24) is 9.88 Å². The molecule has 0 bridgehead atoms. The van der Waals surface area contributed by atoms with Crippen LogP contribution in [0.3, 0.4) is 0 Å². The van der Waals surface area contributed by atoms with E-state index in [1.54, 1.807) is 18.3 Å². The molecule has 2 heterocycles. The molecule has 0 spiro atoms. The maximum absolute atomic E-state index is 13.1. The lowest BCUT2D eigenvalue weighted by molar-refractivity contribution is -0.117. The Morgan fingerprint density at radius 1 is 1.04 bits per heavy atom. The maximum atomic E-state index is 13.1. The number of pyridine rings is 1. The molecule has 5 rings (SSSR count). The highest BCUT2D eigenvalue weighted by Gasteiger charge is 2.47. The number of hydrogen-bond acceptors (Lipinski definition) is 3. The van der Waals surface area contributed by atoms with Crippen molar-refractivity contribution in [2.45, 2.75) is 51.0 Å². The third-order valence-corrected chi connectivity index (χ3v) is 6.30. The summed E-state index contributed by atoms with van der Waals surface area (Å²) in [5.74, 6) is 3.05. The number of hydrogen-bond donors (Lipinski definition) is 1. The minimum Gasteiger partial charge on any atom is -0.335 e. The van der Waals surface area contributed by atoms with Crippen LogP contribution in [0.2, 0.25) is 0 Å². The highest BCUT2D eigenvalue weighted by Crippen LogP contribution is 2.48. The van der Waals surface area contributed by atoms with E-state index >= 15 is 0 Å². The van der Waals surface area contributed by atoms with E-state index in [0.29, 0.717) is 29.3 Å². The Kier molecular flexibility index (Phi) is 3.57. The molecule has 0 aromatic carbocycles. The van der Waals surface area contributed by atoms with Crippen molar-refractivity contribution in [3.63, 3.8) is 0 Å². The molecule has 25 heavy (non-hydrogen) atoms. The van der Waals surface area contributed by atoms with E-state index in [4.69, 9.17) is 0 Å². The third-order valence-electron chi connectivity index (χ3n) is 6.30. The number of anilines is 1. The van der Waals surface area contributed by atoms with E-state index in [-0.39, 0.29) is 17.7 Å². The molecule has 2 amide bonds. The van der Waals surface area contributed by atoms with Gasteiger partial charge in [0, 0.05) is 30.3 Å². The summed E-state index contributed by atoms with van der Waals surface area (Å²) in [6, 6.07) is 3.95. The molecule has 3 saturated carbocycles. The van der Waals surface area contributed by atoms with Crippen molar-refractivity contribution >= 4 is 17.6 Å². The van der Waals surface area contributed by atoms with Crippen LogP contribution in [0.1, 0.15) is 55.3 Å². The topological polar surface area (TPSA) is 62.3 Å². The molecular formula is C20H25N3O2. The van der Waals surface area contributed by atoms with Crippen LogP contribution >= 0.6 is 0 Å². The molecule has 0 radical (unpaired) electrons. The summed E-state index contributed by atoms with van der Waals surface area (Å²) in [4.78, 5) is 31.4. The number of rotatable bonds is 5. The maximum Gasteiger partial charge on any atom is 0.254 e. The summed E-state index contributed by atoms with van der Waals surface area (Å²) in [5, 5.41) is 2.85. The van der Waals surface area contributed by atoms with E-state index in [9.17, 15) is 9.59 Å². The molecule has 1 saturated heterocycles. The van der Waals surface area contributed by atoms with Crippen LogP contribution in [0.15, 0.2) is 18.3 Å². The Labute approximate surface area is 148 Å². The number of amides is 2. The van der Waals surface area contributed by atoms with Crippen LogP contribution in [0, 0.1) is 23.7 Å². The summed E-state index contributed by atoms with van der Waals surface area (Å²) >= 11 is 0. The Morgan fingerprint density at radius 2 is 1.80 bits per heavy atom. The highest BCUT2D eigenvalue weighted by atomic mass is 16.2. The van der Waals surface area contributed by atoms with Crippen LogP contribution in [0.4, 0.5) is 5.82 Å². The standard InChI is InChI=1S/C20H25N3O2/c24-19(14-5-6-14)22-18-10-15(7-8-21-18)20(25)23-11-16(12-1-2-12)9-17(23)13-3-4-13/h7-8,10,12-14,16-17H,1-6,9,11H2,(H,21,22,24)/t16-,17-/m1/s1. The van der Waals surface area contributed by atoms with Crippen molar-refractivity contribution in [3.8, 4) is 0 Å². The Morgan fingerprint density at radius 3 is 2.48 bits per heavy atom. The first-order valence-electron chi connectivity index (χ1n) is 9.77. The van der Waals surface area contributed by atoms with Gasteiger partial charge in [-0.2, -0.15) is 0 Å². The molecule has 5 nitrogen and oxygen atoms in total. The summed E-state index contributed by atoms with van der Waals surface area (Å²) in [6.07, 6.45) is 9.98. The predicted molar refractivity (Wildman–Crippen MR) is 94.0 cm³/mol. The SMILES string of the molecule is O=C(Nc1cc(C(=O)N2C[C@H](C3CC3)C[C@@H]2C2CC2)ccn1)C1CC1. The number of nitrogens with one attached hydrogen (secondary N) is 1. The molecule has 5 heteroatoms. The molecule has 0 unspecified atom stereocenters. The van der Waals surface area contributed by atoms with E-state index in [2.05, 4.69) is 15.2 Å². The van der Waals surface area contributed by atoms with Crippen molar-refractivity contribution in [2.75, 3.05) is 11.9 Å². The fraction of sp³-hybridized carbons (Fsp3) is 0.650. The molecule has 3 aliphatic carbocycles. The Bertz CT molecular complexity index is 707. The Balaban J connectivity index is 1.33. The average Bonchev–Trinajstić information content (AvgIpc) is 3.46. The number of aromatic nitrogens is 1. The molecule has 1 N–H and O–H groups in total. The van der Waals surface area contributed by atoms with Gasteiger partial charge in [0.15, 0.2) is 0 Å². The van der Waals surface area contributed by atoms with Crippen LogP contribution in [-0.2, 0) is 4.79 Å². The van der Waals surface area contributed by atoms with Crippen molar-refractivity contribution in [2.24, 2.45) is 23.7 Å². The summed E-state index contributed by atoms with van der Waals surface area (Å²) in [6.45, 7) is 0.913. The van der Waals surface area contributed by atoms with E-state index in [1.165, 1.54) is 32.1 Å². The summed E-state index contributed by atoms with van der Waals surface area (Å²) in [5.41, 5.74) is 0.656. The lowest BCUT2D eigenvalue weighted by Gasteiger charge is -2.24. The first kappa shape index (κ1) is 15.4. The zero-order chi connectivity index (χ0) is 17.0. The lowest BCUT2D eigenvalue weighted by Crippen LogP contribution is -2.37. The van der Waals surface area contributed by atoms with Crippen LogP contribution in [0.5, 0.6) is 0 Å². The first-order valence-corrected chi connectivity index (χ1v) is 9.77. The molecule has 4 aliphatic rings. The van der Waals surface area contributed by atoms with Gasteiger partial charge < -0.3 is 10.2 Å². The largest absolute Gasteiger partial charge is 0.335 e. The second-order valence-corrected chi connectivity index (χ2v) is 8.39. The van der Waals surface area contributed by atoms with Gasteiger partial charge >= 0.3 is 0 Å². The van der Waals surface area contributed by atoms with Crippen molar-refractivity contribution in [1.29, 1.82) is 0 Å². The molecule has 1 aromatic rings. The first-order chi connectivity index (χ1) is 12.2. The zero-order valence-corrected chi connectivity index (χ0v) is 14.5. The fourth-order valence-corrected chi connectivity index (χ4v) is 4.34. The van der Waals surface area contributed by atoms with Gasteiger partial charge in [0.1, 0.15) is 5.82 Å². The number of carbonyl (C=O) groups excluding carboxylic acids is 2. The van der Waals surface area contributed by atoms with Crippen LogP contribution in [0.25, 0.3) is 0 Å². The second-order valence-electron chi connectivity index (χ2n) is 8.39. The smallest absolute Gasteiger partial charge is 0.254 e. The molecule has 1 aromatic heterocycles. The minimum atomic E-state index is 0.0305. The number of nitrogens with zero attached hydrogens (tertiary/aromatic N) is 2. The Hall–Kier alpha value is -1.91. The van der Waals surface area contributed by atoms with Gasteiger partial charge in [-0.3, -0.25) is 9.59 Å². The van der Waals surface area contributed by atoms with Gasteiger partial charge in [-0.1, -0.05) is 0 Å².